The van der Waals surface area contributed by atoms with Crippen LogP contribution in [-0.4, -0.2) is 28.8 Å². The van der Waals surface area contributed by atoms with Crippen LogP contribution in [0.3, 0.4) is 0 Å². The zero-order chi connectivity index (χ0) is 22.4. The topological polar surface area (TPSA) is 90.5 Å². The van der Waals surface area contributed by atoms with Gasteiger partial charge >= 0.3 is 5.97 Å². The summed E-state index contributed by atoms with van der Waals surface area (Å²) in [5, 5.41) is 2.61. The summed E-state index contributed by atoms with van der Waals surface area (Å²) in [7, 11) is 0. The molecule has 0 aliphatic heterocycles. The van der Waals surface area contributed by atoms with E-state index in [1.54, 1.807) is 36.6 Å². The average Bonchev–Trinajstić information content (AvgIpc) is 3.35. The van der Waals surface area contributed by atoms with Gasteiger partial charge in [-0.05, 0) is 74.9 Å². The number of ketones is 1. The lowest BCUT2D eigenvalue weighted by molar-refractivity contribution is -0.142. The van der Waals surface area contributed by atoms with Crippen LogP contribution in [0.4, 0.5) is 5.69 Å². The van der Waals surface area contributed by atoms with Crippen LogP contribution in [0.5, 0.6) is 0 Å². The second-order valence-electron chi connectivity index (χ2n) is 7.11. The Morgan fingerprint density at radius 1 is 1.13 bits per heavy atom. The molecule has 0 bridgehead atoms. The molecule has 2 aromatic heterocycles. The number of carbonyl (C=O) groups is 3. The molecule has 31 heavy (non-hydrogen) atoms. The van der Waals surface area contributed by atoms with Gasteiger partial charge in [0.25, 0.3) is 5.91 Å². The molecule has 0 aliphatic carbocycles. The maximum Gasteiger partial charge on any atom is 0.331 e. The number of amides is 1. The predicted octanol–water partition coefficient (Wildman–Crippen LogP) is 4.14. The molecule has 0 spiro atoms. The molecule has 0 fully saturated rings. The Kier molecular flexibility index (Phi) is 6.87. The van der Waals surface area contributed by atoms with Crippen molar-refractivity contribution in [3.63, 3.8) is 0 Å². The summed E-state index contributed by atoms with van der Waals surface area (Å²) in [5.74, 6) is -0.286. The molecule has 1 amide bonds. The number of esters is 1. The lowest BCUT2D eigenvalue weighted by Gasteiger charge is -2.07. The largest absolute Gasteiger partial charge is 0.467 e. The Bertz CT molecular complexity index is 1110. The number of aryl methyl sites for hydroxylation is 1. The van der Waals surface area contributed by atoms with E-state index in [1.807, 2.05) is 32.0 Å². The molecule has 160 valence electrons. The normalized spacial score (nSPS) is 10.9. The highest BCUT2D eigenvalue weighted by Crippen LogP contribution is 2.18. The fourth-order valence-electron chi connectivity index (χ4n) is 3.13. The first-order chi connectivity index (χ1) is 14.8. The van der Waals surface area contributed by atoms with E-state index in [-0.39, 0.29) is 5.78 Å². The van der Waals surface area contributed by atoms with Crippen molar-refractivity contribution in [2.24, 2.45) is 0 Å². The second-order valence-corrected chi connectivity index (χ2v) is 7.11. The summed E-state index contributed by atoms with van der Waals surface area (Å²) in [6.45, 7) is 5.62. The van der Waals surface area contributed by atoms with Gasteiger partial charge in [-0.3, -0.25) is 9.59 Å². The van der Waals surface area contributed by atoms with Gasteiger partial charge in [0.2, 0.25) is 0 Å². The molecule has 3 rings (SSSR count). The fourth-order valence-corrected chi connectivity index (χ4v) is 3.13. The molecule has 0 saturated heterocycles. The van der Waals surface area contributed by atoms with E-state index in [1.165, 1.54) is 13.0 Å². The predicted molar refractivity (Wildman–Crippen MR) is 117 cm³/mol. The number of furan rings is 1. The number of nitrogens with zero attached hydrogens (tertiary/aromatic N) is 1. The number of benzene rings is 1. The highest BCUT2D eigenvalue weighted by molar-refractivity contribution is 5.96. The van der Waals surface area contributed by atoms with E-state index in [0.717, 1.165) is 22.7 Å². The molecular weight excluding hydrogens is 396 g/mol. The first-order valence-corrected chi connectivity index (χ1v) is 9.78. The van der Waals surface area contributed by atoms with Crippen LogP contribution in [0.2, 0.25) is 0 Å². The summed E-state index contributed by atoms with van der Waals surface area (Å²) in [6, 6.07) is 12.2. The molecule has 3 aromatic rings. The molecule has 7 heteroatoms. The Balaban J connectivity index is 1.52. The second kappa shape index (κ2) is 9.75. The van der Waals surface area contributed by atoms with Crippen LogP contribution in [0, 0.1) is 13.8 Å². The minimum absolute atomic E-state index is 0.0552. The molecule has 0 saturated carbocycles. The van der Waals surface area contributed by atoms with Crippen LogP contribution >= 0.6 is 0 Å². The van der Waals surface area contributed by atoms with Crippen molar-refractivity contribution in [1.29, 1.82) is 0 Å². The SMILES string of the molecule is CC(=O)c1ccc(NC(=O)COC(=O)/C=C/c2cc(C)n(Cc3ccco3)c2C)cc1. The van der Waals surface area contributed by atoms with Gasteiger partial charge in [-0.1, -0.05) is 0 Å². The molecule has 1 N–H and O–H groups in total. The third-order valence-corrected chi connectivity index (χ3v) is 4.83. The number of ether oxygens (including phenoxy) is 1. The standard InChI is InChI=1S/C24H24N2O5/c1-16-13-20(17(2)26(16)14-22-5-4-12-30-22)8-11-24(29)31-15-23(28)25-21-9-6-19(7-10-21)18(3)27/h4-13H,14-15H2,1-3H3,(H,25,28)/b11-8+. The lowest BCUT2D eigenvalue weighted by Crippen LogP contribution is -2.20. The monoisotopic (exact) mass is 420 g/mol. The zero-order valence-electron chi connectivity index (χ0n) is 17.7. The Morgan fingerprint density at radius 3 is 2.52 bits per heavy atom. The minimum atomic E-state index is -0.613. The van der Waals surface area contributed by atoms with Crippen molar-refractivity contribution in [3.05, 3.63) is 83.1 Å². The number of carbonyl (C=O) groups excluding carboxylic acids is 3. The minimum Gasteiger partial charge on any atom is -0.467 e. The van der Waals surface area contributed by atoms with Gasteiger partial charge in [0.15, 0.2) is 12.4 Å². The van der Waals surface area contributed by atoms with E-state index in [0.29, 0.717) is 17.8 Å². The number of rotatable bonds is 8. The van der Waals surface area contributed by atoms with Gasteiger partial charge in [-0.15, -0.1) is 0 Å². The smallest absolute Gasteiger partial charge is 0.331 e. The maximum atomic E-state index is 12.0. The van der Waals surface area contributed by atoms with Crippen LogP contribution in [0.1, 0.15) is 40.0 Å². The molecule has 2 heterocycles. The average molecular weight is 420 g/mol. The van der Waals surface area contributed by atoms with Gasteiger partial charge in [-0.2, -0.15) is 0 Å². The van der Waals surface area contributed by atoms with Crippen molar-refractivity contribution in [3.8, 4) is 0 Å². The summed E-state index contributed by atoms with van der Waals surface area (Å²) in [6.07, 6.45) is 4.60. The molecular formula is C24H24N2O5. The first kappa shape index (κ1) is 21.8. The van der Waals surface area contributed by atoms with Gasteiger partial charge in [0.05, 0.1) is 12.8 Å². The van der Waals surface area contributed by atoms with Crippen LogP contribution < -0.4 is 5.32 Å². The van der Waals surface area contributed by atoms with Crippen molar-refractivity contribution in [2.45, 2.75) is 27.3 Å². The van der Waals surface area contributed by atoms with E-state index in [2.05, 4.69) is 9.88 Å². The van der Waals surface area contributed by atoms with Gasteiger partial charge in [-0.25, -0.2) is 4.79 Å². The van der Waals surface area contributed by atoms with Crippen molar-refractivity contribution in [2.75, 3.05) is 11.9 Å². The maximum absolute atomic E-state index is 12.0. The third-order valence-electron chi connectivity index (χ3n) is 4.83. The molecule has 7 nitrogen and oxygen atoms in total. The summed E-state index contributed by atoms with van der Waals surface area (Å²) in [5.41, 5.74) is 3.99. The zero-order valence-corrected chi connectivity index (χ0v) is 17.7. The lowest BCUT2D eigenvalue weighted by atomic mass is 10.1. The van der Waals surface area contributed by atoms with Gasteiger partial charge in [0.1, 0.15) is 5.76 Å². The Hall–Kier alpha value is -3.87. The highest BCUT2D eigenvalue weighted by Gasteiger charge is 2.10. The van der Waals surface area contributed by atoms with Gasteiger partial charge in [0, 0.05) is 28.7 Å². The number of nitrogens with one attached hydrogen (secondary N) is 1. The fraction of sp³-hybridized carbons (Fsp3) is 0.208. The third kappa shape index (κ3) is 5.82. The molecule has 0 unspecified atom stereocenters. The quantitative estimate of drug-likeness (QED) is 0.336. The molecule has 0 atom stereocenters. The van der Waals surface area contributed by atoms with Crippen molar-refractivity contribution < 1.29 is 23.5 Å². The summed E-state index contributed by atoms with van der Waals surface area (Å²) < 4.78 is 12.5. The number of anilines is 1. The van der Waals surface area contributed by atoms with E-state index in [9.17, 15) is 14.4 Å². The van der Waals surface area contributed by atoms with E-state index < -0.39 is 18.5 Å². The summed E-state index contributed by atoms with van der Waals surface area (Å²) in [4.78, 5) is 35.3. The molecule has 0 radical (unpaired) electrons. The Morgan fingerprint density at radius 2 is 1.87 bits per heavy atom. The van der Waals surface area contributed by atoms with E-state index in [4.69, 9.17) is 9.15 Å². The molecule has 0 aliphatic rings. The van der Waals surface area contributed by atoms with Crippen LogP contribution in [0.25, 0.3) is 6.08 Å². The Labute approximate surface area is 180 Å². The van der Waals surface area contributed by atoms with E-state index >= 15 is 0 Å². The molecule has 1 aromatic carbocycles. The first-order valence-electron chi connectivity index (χ1n) is 9.78. The van der Waals surface area contributed by atoms with Crippen LogP contribution in [-0.2, 0) is 20.9 Å². The number of Topliss-reactive ketones (excluding diaryl/α,β-unsaturated/α-hetero) is 1. The summed E-state index contributed by atoms with van der Waals surface area (Å²) >= 11 is 0. The van der Waals surface area contributed by atoms with Crippen molar-refractivity contribution >= 4 is 29.4 Å². The number of hydrogen-bond donors (Lipinski definition) is 1. The van der Waals surface area contributed by atoms with Crippen LogP contribution in [0.15, 0.2) is 59.2 Å². The van der Waals surface area contributed by atoms with Crippen molar-refractivity contribution in [1.82, 2.24) is 4.57 Å². The number of hydrogen-bond acceptors (Lipinski definition) is 5. The highest BCUT2D eigenvalue weighted by atomic mass is 16.5. The number of aromatic nitrogens is 1. The van der Waals surface area contributed by atoms with Gasteiger partial charge < -0.3 is 19.0 Å².